The van der Waals surface area contributed by atoms with Crippen molar-refractivity contribution in [1.29, 1.82) is 0 Å². The second kappa shape index (κ2) is 4.95. The summed E-state index contributed by atoms with van der Waals surface area (Å²) in [6, 6.07) is 2.63. The zero-order valence-corrected chi connectivity index (χ0v) is 13.1. The molecule has 1 fully saturated rings. The van der Waals surface area contributed by atoms with Gasteiger partial charge in [0.2, 0.25) is 0 Å². The van der Waals surface area contributed by atoms with E-state index in [4.69, 9.17) is 4.99 Å². The van der Waals surface area contributed by atoms with Crippen LogP contribution in [0, 0.1) is 6.92 Å². The van der Waals surface area contributed by atoms with E-state index in [1.54, 1.807) is 11.3 Å². The van der Waals surface area contributed by atoms with E-state index < -0.39 is 0 Å². The molecule has 2 aliphatic rings. The Hall–Kier alpha value is -1.68. The summed E-state index contributed by atoms with van der Waals surface area (Å²) in [4.78, 5) is 13.8. The molecule has 1 saturated carbocycles. The van der Waals surface area contributed by atoms with Crippen LogP contribution in [0.4, 0.5) is 5.69 Å². The molecule has 0 unspecified atom stereocenters. The van der Waals surface area contributed by atoms with Crippen LogP contribution in [-0.4, -0.2) is 22.3 Å². The highest BCUT2D eigenvalue weighted by Crippen LogP contribution is 2.45. The van der Waals surface area contributed by atoms with Gasteiger partial charge in [-0.25, -0.2) is 9.98 Å². The van der Waals surface area contributed by atoms with Crippen molar-refractivity contribution in [2.75, 3.05) is 0 Å². The van der Waals surface area contributed by atoms with Gasteiger partial charge in [0.25, 0.3) is 0 Å². The Morgan fingerprint density at radius 3 is 2.90 bits per heavy atom. The van der Waals surface area contributed by atoms with Gasteiger partial charge in [0.15, 0.2) is 0 Å². The Morgan fingerprint density at radius 1 is 1.29 bits per heavy atom. The minimum absolute atomic E-state index is 0.572. The number of hydrogen-bond donors (Lipinski definition) is 0. The predicted octanol–water partition coefficient (Wildman–Crippen LogP) is 4.88. The molecule has 21 heavy (non-hydrogen) atoms. The van der Waals surface area contributed by atoms with E-state index in [1.165, 1.54) is 47.9 Å². The van der Waals surface area contributed by atoms with Crippen LogP contribution in [0.2, 0.25) is 0 Å². The topological polar surface area (TPSA) is 28.5 Å². The molecule has 0 radical (unpaired) electrons. The highest BCUT2D eigenvalue weighted by atomic mass is 32.1. The van der Waals surface area contributed by atoms with Crippen molar-refractivity contribution >= 4 is 39.3 Å². The van der Waals surface area contributed by atoms with Crippen LogP contribution in [0.1, 0.15) is 42.5 Å². The molecule has 0 amide bonds. The molecule has 3 heterocycles. The third kappa shape index (κ3) is 2.01. The standard InChI is InChI=1S/C17H19N3S/c1-11-8-9-18-17-14(11)15-16(21-17)12(2)20(10-19-15)13-6-4-3-5-7-13/h8-10,13H,2-7H2,1H3. The number of aliphatic imine (C=N–C) groups is 1. The van der Waals surface area contributed by atoms with Gasteiger partial charge in [-0.2, -0.15) is 0 Å². The Morgan fingerprint density at radius 2 is 2.10 bits per heavy atom. The van der Waals surface area contributed by atoms with E-state index in [9.17, 15) is 0 Å². The van der Waals surface area contributed by atoms with Crippen molar-refractivity contribution in [3.05, 3.63) is 29.3 Å². The summed E-state index contributed by atoms with van der Waals surface area (Å²) in [7, 11) is 0. The van der Waals surface area contributed by atoms with Crippen LogP contribution in [-0.2, 0) is 0 Å². The Labute approximate surface area is 129 Å². The van der Waals surface area contributed by atoms with Crippen molar-refractivity contribution in [2.45, 2.75) is 45.1 Å². The maximum atomic E-state index is 4.76. The Balaban J connectivity index is 1.78. The molecule has 1 aliphatic carbocycles. The fraction of sp³-hybridized carbons (Fsp3) is 0.412. The molecule has 4 rings (SSSR count). The molecular formula is C17H19N3S. The molecule has 0 N–H and O–H groups in total. The van der Waals surface area contributed by atoms with Gasteiger partial charge in [0, 0.05) is 17.6 Å². The quantitative estimate of drug-likeness (QED) is 0.750. The monoisotopic (exact) mass is 297 g/mol. The fourth-order valence-electron chi connectivity index (χ4n) is 3.46. The van der Waals surface area contributed by atoms with Gasteiger partial charge >= 0.3 is 0 Å². The lowest BCUT2D eigenvalue weighted by Crippen LogP contribution is -2.34. The lowest BCUT2D eigenvalue weighted by molar-refractivity contribution is 0.316. The van der Waals surface area contributed by atoms with E-state index in [-0.39, 0.29) is 0 Å². The summed E-state index contributed by atoms with van der Waals surface area (Å²) in [5, 5.41) is 1.19. The molecule has 108 valence electrons. The molecule has 0 atom stereocenters. The van der Waals surface area contributed by atoms with Gasteiger partial charge in [-0.1, -0.05) is 25.8 Å². The van der Waals surface area contributed by atoms with Gasteiger partial charge in [0.05, 0.1) is 22.6 Å². The lowest BCUT2D eigenvalue weighted by Gasteiger charge is -2.35. The third-order valence-corrected chi connectivity index (χ3v) is 5.76. The van der Waals surface area contributed by atoms with Crippen LogP contribution >= 0.6 is 11.3 Å². The normalized spacial score (nSPS) is 19.3. The van der Waals surface area contributed by atoms with E-state index in [2.05, 4.69) is 29.5 Å². The smallest absolute Gasteiger partial charge is 0.126 e. The van der Waals surface area contributed by atoms with Crippen LogP contribution in [0.5, 0.6) is 0 Å². The lowest BCUT2D eigenvalue weighted by atomic mass is 9.94. The van der Waals surface area contributed by atoms with Gasteiger partial charge < -0.3 is 4.90 Å². The summed E-state index contributed by atoms with van der Waals surface area (Å²) in [5.41, 5.74) is 3.42. The molecule has 0 saturated heterocycles. The summed E-state index contributed by atoms with van der Waals surface area (Å²) < 4.78 is 0. The van der Waals surface area contributed by atoms with Crippen molar-refractivity contribution in [2.24, 2.45) is 4.99 Å². The van der Waals surface area contributed by atoms with E-state index in [1.807, 2.05) is 12.5 Å². The van der Waals surface area contributed by atoms with E-state index in [0.29, 0.717) is 6.04 Å². The Bertz CT molecular complexity index is 738. The molecular weight excluding hydrogens is 278 g/mol. The van der Waals surface area contributed by atoms with Crippen LogP contribution in [0.15, 0.2) is 23.8 Å². The number of thiophene rings is 1. The average Bonchev–Trinajstić information content (AvgIpc) is 2.89. The number of rotatable bonds is 1. The number of fused-ring (bicyclic) bond motifs is 3. The molecule has 0 aromatic carbocycles. The summed E-state index contributed by atoms with van der Waals surface area (Å²) >= 11 is 1.72. The first-order chi connectivity index (χ1) is 10.3. The van der Waals surface area contributed by atoms with E-state index in [0.717, 1.165) is 16.2 Å². The largest absolute Gasteiger partial charge is 0.329 e. The highest BCUT2D eigenvalue weighted by molar-refractivity contribution is 7.20. The second-order valence-electron chi connectivity index (χ2n) is 5.98. The van der Waals surface area contributed by atoms with Crippen molar-refractivity contribution < 1.29 is 0 Å². The van der Waals surface area contributed by atoms with Crippen LogP contribution in [0.3, 0.4) is 0 Å². The first-order valence-corrected chi connectivity index (χ1v) is 8.47. The summed E-state index contributed by atoms with van der Waals surface area (Å²) in [6.45, 7) is 6.48. The molecule has 2 aromatic rings. The third-order valence-electron chi connectivity index (χ3n) is 4.63. The first kappa shape index (κ1) is 13.0. The average molecular weight is 297 g/mol. The number of nitrogens with zero attached hydrogens (tertiary/aromatic N) is 3. The molecule has 0 spiro atoms. The van der Waals surface area contributed by atoms with Crippen molar-refractivity contribution in [1.82, 2.24) is 9.88 Å². The van der Waals surface area contributed by atoms with Gasteiger partial charge in [-0.3, -0.25) is 0 Å². The minimum atomic E-state index is 0.572. The van der Waals surface area contributed by atoms with Crippen LogP contribution in [0.25, 0.3) is 15.9 Å². The van der Waals surface area contributed by atoms with Gasteiger partial charge in [-0.05, 0) is 31.4 Å². The summed E-state index contributed by atoms with van der Waals surface area (Å²) in [5.74, 6) is 0. The van der Waals surface area contributed by atoms with Gasteiger partial charge in [-0.15, -0.1) is 11.3 Å². The minimum Gasteiger partial charge on any atom is -0.329 e. The maximum Gasteiger partial charge on any atom is 0.126 e. The zero-order valence-electron chi connectivity index (χ0n) is 12.3. The van der Waals surface area contributed by atoms with Crippen LogP contribution < -0.4 is 0 Å². The predicted molar refractivity (Wildman–Crippen MR) is 90.3 cm³/mol. The number of hydrogen-bond acceptors (Lipinski definition) is 4. The highest BCUT2D eigenvalue weighted by Gasteiger charge is 2.28. The molecule has 2 aromatic heterocycles. The SMILES string of the molecule is C=C1c2sc3nccc(C)c3c2N=CN1C1CCCCC1. The molecule has 1 aliphatic heterocycles. The van der Waals surface area contributed by atoms with Crippen molar-refractivity contribution in [3.63, 3.8) is 0 Å². The second-order valence-corrected chi connectivity index (χ2v) is 6.98. The maximum absolute atomic E-state index is 4.76. The fourth-order valence-corrected chi connectivity index (χ4v) is 4.60. The van der Waals surface area contributed by atoms with Gasteiger partial charge in [0.1, 0.15) is 4.83 Å². The number of aromatic nitrogens is 1. The molecule has 4 heteroatoms. The zero-order chi connectivity index (χ0) is 14.4. The van der Waals surface area contributed by atoms with E-state index >= 15 is 0 Å². The number of aryl methyl sites for hydroxylation is 1. The Kier molecular flexibility index (Phi) is 3.07. The first-order valence-electron chi connectivity index (χ1n) is 7.65. The molecule has 0 bridgehead atoms. The number of pyridine rings is 1. The summed E-state index contributed by atoms with van der Waals surface area (Å²) in [6.07, 6.45) is 10.4. The molecule has 3 nitrogen and oxygen atoms in total. The van der Waals surface area contributed by atoms with Crippen molar-refractivity contribution in [3.8, 4) is 0 Å².